The Hall–Kier alpha value is -1.20. The van der Waals surface area contributed by atoms with E-state index in [4.69, 9.17) is 10.3 Å². The molecule has 84 valence electrons. The first-order valence-electron chi connectivity index (χ1n) is 4.75. The van der Waals surface area contributed by atoms with E-state index in [9.17, 15) is 4.39 Å². The van der Waals surface area contributed by atoms with Crippen molar-refractivity contribution in [2.24, 2.45) is 5.73 Å². The van der Waals surface area contributed by atoms with E-state index in [-0.39, 0.29) is 11.9 Å². The minimum Gasteiger partial charge on any atom is -0.359 e. The number of hydrogen-bond acceptors (Lipinski definition) is 3. The molecule has 2 rings (SSSR count). The first kappa shape index (κ1) is 11.3. The number of benzene rings is 1. The molecule has 0 saturated heterocycles. The Bertz CT molecular complexity index is 510. The molecule has 0 saturated carbocycles. The highest BCUT2D eigenvalue weighted by Gasteiger charge is 2.11. The number of nitrogens with zero attached hydrogens (tertiary/aromatic N) is 1. The van der Waals surface area contributed by atoms with Crippen molar-refractivity contribution in [3.05, 3.63) is 40.3 Å². The van der Waals surface area contributed by atoms with Gasteiger partial charge >= 0.3 is 0 Å². The predicted molar refractivity (Wildman–Crippen MR) is 62.2 cm³/mol. The third-order valence-electron chi connectivity index (χ3n) is 2.19. The Kier molecular flexibility index (Phi) is 3.07. The Morgan fingerprint density at radius 1 is 1.44 bits per heavy atom. The van der Waals surface area contributed by atoms with E-state index < -0.39 is 0 Å². The Labute approximate surface area is 101 Å². The van der Waals surface area contributed by atoms with Gasteiger partial charge in [-0.25, -0.2) is 4.39 Å². The van der Waals surface area contributed by atoms with E-state index in [1.165, 1.54) is 6.07 Å². The van der Waals surface area contributed by atoms with Gasteiger partial charge in [0.1, 0.15) is 11.5 Å². The summed E-state index contributed by atoms with van der Waals surface area (Å²) >= 11 is 3.09. The summed E-state index contributed by atoms with van der Waals surface area (Å²) in [5.41, 5.74) is 6.89. The van der Waals surface area contributed by atoms with Crippen LogP contribution in [0, 0.1) is 5.82 Å². The number of nitrogens with two attached hydrogens (primary N) is 1. The van der Waals surface area contributed by atoms with Crippen LogP contribution in [0.2, 0.25) is 0 Å². The third-order valence-corrected chi connectivity index (χ3v) is 2.84. The van der Waals surface area contributed by atoms with Crippen LogP contribution in [0.5, 0.6) is 0 Å². The zero-order valence-electron chi connectivity index (χ0n) is 8.58. The molecular formula is C11H10BrFN2O. The summed E-state index contributed by atoms with van der Waals surface area (Å²) in [6, 6.07) is 6.28. The Morgan fingerprint density at radius 3 is 2.75 bits per heavy atom. The molecule has 1 unspecified atom stereocenters. The fourth-order valence-electron chi connectivity index (χ4n) is 1.30. The highest BCUT2D eigenvalue weighted by Crippen LogP contribution is 2.25. The molecule has 0 aliphatic carbocycles. The minimum atomic E-state index is -0.331. The fraction of sp³-hybridized carbons (Fsp3) is 0.182. The van der Waals surface area contributed by atoms with Gasteiger partial charge in [-0.15, -0.1) is 0 Å². The molecule has 1 aromatic heterocycles. The first-order chi connectivity index (χ1) is 7.58. The molecule has 0 spiro atoms. The zero-order valence-corrected chi connectivity index (χ0v) is 10.2. The number of hydrogen-bond donors (Lipinski definition) is 1. The van der Waals surface area contributed by atoms with Crippen LogP contribution in [0.3, 0.4) is 0 Å². The van der Waals surface area contributed by atoms with Gasteiger partial charge in [-0.05, 0) is 35.0 Å². The molecule has 16 heavy (non-hydrogen) atoms. The molecule has 0 bridgehead atoms. The van der Waals surface area contributed by atoms with E-state index in [1.54, 1.807) is 25.1 Å². The Balaban J connectivity index is 2.39. The van der Waals surface area contributed by atoms with E-state index in [0.29, 0.717) is 21.5 Å². The molecular weight excluding hydrogens is 275 g/mol. The predicted octanol–water partition coefficient (Wildman–Crippen LogP) is 3.26. The van der Waals surface area contributed by atoms with Crippen molar-refractivity contribution in [2.45, 2.75) is 13.0 Å². The quantitative estimate of drug-likeness (QED) is 0.921. The molecule has 0 aliphatic rings. The molecule has 5 heteroatoms. The largest absolute Gasteiger partial charge is 0.359 e. The molecule has 1 heterocycles. The summed E-state index contributed by atoms with van der Waals surface area (Å²) in [7, 11) is 0. The number of halogens is 2. The molecule has 0 amide bonds. The lowest BCUT2D eigenvalue weighted by Crippen LogP contribution is -2.02. The van der Waals surface area contributed by atoms with E-state index >= 15 is 0 Å². The average Bonchev–Trinajstić information content (AvgIpc) is 2.71. The van der Waals surface area contributed by atoms with E-state index in [2.05, 4.69) is 21.1 Å². The van der Waals surface area contributed by atoms with Crippen LogP contribution in [0.1, 0.15) is 18.7 Å². The summed E-state index contributed by atoms with van der Waals surface area (Å²) in [5, 5.41) is 3.84. The zero-order chi connectivity index (χ0) is 11.7. The summed E-state index contributed by atoms with van der Waals surface area (Å²) in [4.78, 5) is 0. The van der Waals surface area contributed by atoms with Gasteiger partial charge in [-0.3, -0.25) is 0 Å². The van der Waals surface area contributed by atoms with Gasteiger partial charge in [0.05, 0.1) is 10.5 Å². The second kappa shape index (κ2) is 4.35. The van der Waals surface area contributed by atoms with Crippen LogP contribution in [0.15, 0.2) is 33.3 Å². The van der Waals surface area contributed by atoms with Crippen molar-refractivity contribution in [3.8, 4) is 11.3 Å². The SMILES string of the molecule is CC(N)c1cc(-c2ccc(Br)c(F)c2)no1. The van der Waals surface area contributed by atoms with Crippen molar-refractivity contribution >= 4 is 15.9 Å². The molecule has 0 radical (unpaired) electrons. The fourth-order valence-corrected chi connectivity index (χ4v) is 1.54. The van der Waals surface area contributed by atoms with Gasteiger partial charge in [-0.1, -0.05) is 11.2 Å². The molecule has 0 aliphatic heterocycles. The van der Waals surface area contributed by atoms with E-state index in [1.807, 2.05) is 0 Å². The normalized spacial score (nSPS) is 12.8. The maximum absolute atomic E-state index is 13.3. The summed E-state index contributed by atoms with van der Waals surface area (Å²) in [5.74, 6) is 0.251. The topological polar surface area (TPSA) is 52.0 Å². The first-order valence-corrected chi connectivity index (χ1v) is 5.55. The van der Waals surface area contributed by atoms with Gasteiger partial charge in [0.25, 0.3) is 0 Å². The monoisotopic (exact) mass is 284 g/mol. The van der Waals surface area contributed by atoms with Crippen LogP contribution < -0.4 is 5.73 Å². The maximum Gasteiger partial charge on any atom is 0.153 e. The van der Waals surface area contributed by atoms with Gasteiger partial charge in [0.15, 0.2) is 5.76 Å². The smallest absolute Gasteiger partial charge is 0.153 e. The second-order valence-electron chi connectivity index (χ2n) is 3.53. The molecule has 2 aromatic rings. The van der Waals surface area contributed by atoms with Gasteiger partial charge in [-0.2, -0.15) is 0 Å². The standard InChI is InChI=1S/C11H10BrFN2O/c1-6(14)11-5-10(15-16-11)7-2-3-8(12)9(13)4-7/h2-6H,14H2,1H3. The van der Waals surface area contributed by atoms with E-state index in [0.717, 1.165) is 0 Å². The molecule has 2 N–H and O–H groups in total. The van der Waals surface area contributed by atoms with Crippen LogP contribution in [0.4, 0.5) is 4.39 Å². The van der Waals surface area contributed by atoms with Gasteiger partial charge in [0.2, 0.25) is 0 Å². The number of aromatic nitrogens is 1. The van der Waals surface area contributed by atoms with Crippen molar-refractivity contribution < 1.29 is 8.91 Å². The highest BCUT2D eigenvalue weighted by atomic mass is 79.9. The molecule has 0 fully saturated rings. The van der Waals surface area contributed by atoms with Crippen molar-refractivity contribution in [2.75, 3.05) is 0 Å². The maximum atomic E-state index is 13.3. The minimum absolute atomic E-state index is 0.221. The highest BCUT2D eigenvalue weighted by molar-refractivity contribution is 9.10. The lowest BCUT2D eigenvalue weighted by atomic mass is 10.1. The average molecular weight is 285 g/mol. The van der Waals surface area contributed by atoms with Gasteiger partial charge in [0, 0.05) is 11.6 Å². The van der Waals surface area contributed by atoms with Crippen LogP contribution in [-0.2, 0) is 0 Å². The van der Waals surface area contributed by atoms with Crippen LogP contribution in [0.25, 0.3) is 11.3 Å². The second-order valence-corrected chi connectivity index (χ2v) is 4.39. The molecule has 3 nitrogen and oxygen atoms in total. The molecule has 1 aromatic carbocycles. The molecule has 1 atom stereocenters. The van der Waals surface area contributed by atoms with Crippen molar-refractivity contribution in [1.82, 2.24) is 5.16 Å². The lowest BCUT2D eigenvalue weighted by Gasteiger charge is -1.97. The van der Waals surface area contributed by atoms with Crippen molar-refractivity contribution in [3.63, 3.8) is 0 Å². The third kappa shape index (κ3) is 2.15. The number of rotatable bonds is 2. The van der Waals surface area contributed by atoms with Gasteiger partial charge < -0.3 is 10.3 Å². The van der Waals surface area contributed by atoms with Crippen molar-refractivity contribution in [1.29, 1.82) is 0 Å². The van der Waals surface area contributed by atoms with Crippen LogP contribution >= 0.6 is 15.9 Å². The lowest BCUT2D eigenvalue weighted by molar-refractivity contribution is 0.369. The van der Waals surface area contributed by atoms with Crippen LogP contribution in [-0.4, -0.2) is 5.16 Å². The summed E-state index contributed by atoms with van der Waals surface area (Å²) in [6.07, 6.45) is 0. The summed E-state index contributed by atoms with van der Waals surface area (Å²) < 4.78 is 18.8. The Morgan fingerprint density at radius 2 is 2.19 bits per heavy atom. The summed E-state index contributed by atoms with van der Waals surface area (Å²) in [6.45, 7) is 1.80.